The summed E-state index contributed by atoms with van der Waals surface area (Å²) in [5.74, 6) is 0. The first kappa shape index (κ1) is 10.8. The van der Waals surface area contributed by atoms with Gasteiger partial charge in [-0.3, -0.25) is 0 Å². The average molecular weight is 315 g/mol. The molecular weight excluding hydrogens is 307 g/mol. The molecule has 0 aliphatic carbocycles. The molecule has 1 atom stereocenters. The van der Waals surface area contributed by atoms with Gasteiger partial charge in [-0.1, -0.05) is 38.8 Å². The molecule has 0 amide bonds. The van der Waals surface area contributed by atoms with Gasteiger partial charge < -0.3 is 0 Å². The van der Waals surface area contributed by atoms with Crippen LogP contribution in [0.25, 0.3) is 0 Å². The highest BCUT2D eigenvalue weighted by Crippen LogP contribution is 2.30. The van der Waals surface area contributed by atoms with E-state index in [1.807, 2.05) is 6.92 Å². The Labute approximate surface area is 83.0 Å². The lowest BCUT2D eigenvalue weighted by molar-refractivity contribution is 1.33. The third kappa shape index (κ3) is 3.61. The molecule has 9 heavy (non-hydrogen) atoms. The molecule has 0 aromatic rings. The van der Waals surface area contributed by atoms with Crippen molar-refractivity contribution in [3.05, 3.63) is 0 Å². The van der Waals surface area contributed by atoms with Gasteiger partial charge >= 0.3 is 0 Å². The monoisotopic (exact) mass is 312 g/mol. The molecule has 0 radical (unpaired) electrons. The first-order valence-electron chi connectivity index (χ1n) is 2.62. The molecule has 0 N–H and O–H groups in total. The van der Waals surface area contributed by atoms with Gasteiger partial charge in [0, 0.05) is 9.78 Å². The minimum absolute atomic E-state index is 0.262. The van der Waals surface area contributed by atoms with Crippen molar-refractivity contribution < 1.29 is 0 Å². The molecule has 5 heteroatoms. The maximum absolute atomic E-state index is 6.00. The zero-order chi connectivity index (χ0) is 7.49. The second-order valence-corrected chi connectivity index (χ2v) is 11.9. The summed E-state index contributed by atoms with van der Waals surface area (Å²) in [6, 6.07) is 0.887. The largest absolute Gasteiger partial charge is 0.265 e. The highest BCUT2D eigenvalue weighted by Gasteiger charge is 2.33. The summed E-state index contributed by atoms with van der Waals surface area (Å²) in [5, 5.41) is 0.833. The van der Waals surface area contributed by atoms with Crippen LogP contribution in [0, 0.1) is 0 Å². The second kappa shape index (κ2) is 4.60. The van der Waals surface area contributed by atoms with Crippen LogP contribution in [-0.4, -0.2) is 16.5 Å². The Morgan fingerprint density at radius 3 is 2.11 bits per heavy atom. The van der Waals surface area contributed by atoms with Crippen molar-refractivity contribution >= 4 is 60.7 Å². The van der Waals surface area contributed by atoms with Crippen LogP contribution in [0.4, 0.5) is 0 Å². The molecule has 0 aromatic heterocycles. The number of rotatable bonds is 3. The van der Waals surface area contributed by atoms with Crippen LogP contribution in [0.5, 0.6) is 0 Å². The lowest BCUT2D eigenvalue weighted by Crippen LogP contribution is -2.32. The summed E-state index contributed by atoms with van der Waals surface area (Å²) in [4.78, 5) is 0. The van der Waals surface area contributed by atoms with Crippen LogP contribution in [0.1, 0.15) is 6.92 Å². The van der Waals surface area contributed by atoms with Gasteiger partial charge in [0.2, 0.25) is 0 Å². The lowest BCUT2D eigenvalue weighted by atomic mass is 10.9. The fourth-order valence-electron chi connectivity index (χ4n) is 0.334. The first-order chi connectivity index (χ1) is 4.04. The number of alkyl halides is 2. The maximum atomic E-state index is 6.00. The zero-order valence-corrected chi connectivity index (χ0v) is 10.7. The smallest absolute Gasteiger partial charge is 0.145 e. The van der Waals surface area contributed by atoms with Gasteiger partial charge in [0.15, 0.2) is 0 Å². The van der Waals surface area contributed by atoms with E-state index in [4.69, 9.17) is 22.2 Å². The van der Waals surface area contributed by atoms with Crippen LogP contribution in [-0.2, 0) is 0 Å². The molecule has 0 aliphatic rings. The van der Waals surface area contributed by atoms with Crippen molar-refractivity contribution in [3.63, 3.8) is 0 Å². The van der Waals surface area contributed by atoms with E-state index in [2.05, 4.69) is 31.9 Å². The number of halogens is 4. The van der Waals surface area contributed by atoms with Gasteiger partial charge in [-0.15, -0.1) is 22.2 Å². The van der Waals surface area contributed by atoms with Gasteiger partial charge in [-0.25, -0.2) is 0 Å². The molecule has 0 bridgehead atoms. The molecule has 0 saturated carbocycles. The van der Waals surface area contributed by atoms with Gasteiger partial charge in [0.1, 0.15) is 0 Å². The predicted octanol–water partition coefficient (Wildman–Crippen LogP) is 3.62. The molecule has 0 rings (SSSR count). The minimum atomic E-state index is -1.97. The van der Waals surface area contributed by atoms with Gasteiger partial charge in [-0.2, -0.15) is 0 Å². The molecule has 0 saturated heterocycles. The quantitative estimate of drug-likeness (QED) is 0.424. The Kier molecular flexibility index (Phi) is 5.49. The van der Waals surface area contributed by atoms with Crippen molar-refractivity contribution in [2.24, 2.45) is 0 Å². The van der Waals surface area contributed by atoms with Crippen LogP contribution < -0.4 is 0 Å². The van der Waals surface area contributed by atoms with Gasteiger partial charge in [0.25, 0.3) is 6.69 Å². The van der Waals surface area contributed by atoms with Gasteiger partial charge in [0.05, 0.1) is 0 Å². The third-order valence-corrected chi connectivity index (χ3v) is 12.7. The van der Waals surface area contributed by atoms with Crippen LogP contribution in [0.3, 0.4) is 0 Å². The molecule has 1 unspecified atom stereocenters. The Bertz CT molecular complexity index is 88.6. The molecule has 0 fully saturated rings. The number of hydrogen-bond donors (Lipinski definition) is 0. The highest BCUT2D eigenvalue weighted by atomic mass is 79.9. The van der Waals surface area contributed by atoms with E-state index in [-0.39, 0.29) is 4.45 Å². The fraction of sp³-hybridized carbons (Fsp3) is 1.00. The molecular formula is C4H8Br2Cl2Si. The minimum Gasteiger partial charge on any atom is -0.145 e. The SMILES string of the molecule is CC[Si](Cl)(Cl)C(Br)CBr. The van der Waals surface area contributed by atoms with Crippen molar-refractivity contribution in [3.8, 4) is 0 Å². The lowest BCUT2D eigenvalue weighted by Gasteiger charge is -2.18. The molecule has 0 spiro atoms. The summed E-state index contributed by atoms with van der Waals surface area (Å²) in [7, 11) is 0. The fourth-order valence-corrected chi connectivity index (χ4v) is 5.21. The van der Waals surface area contributed by atoms with Crippen molar-refractivity contribution in [1.82, 2.24) is 0 Å². The van der Waals surface area contributed by atoms with Crippen molar-refractivity contribution in [2.45, 2.75) is 17.4 Å². The molecule has 56 valence electrons. The number of hydrogen-bond acceptors (Lipinski definition) is 0. The Balaban J connectivity index is 3.80. The van der Waals surface area contributed by atoms with Gasteiger partial charge in [-0.05, 0) is 6.04 Å². The van der Waals surface area contributed by atoms with E-state index < -0.39 is 6.69 Å². The zero-order valence-electron chi connectivity index (χ0n) is 5.00. The summed E-state index contributed by atoms with van der Waals surface area (Å²) < 4.78 is 0.262. The molecule has 0 heterocycles. The summed E-state index contributed by atoms with van der Waals surface area (Å²) in [5.41, 5.74) is 0. The molecule has 0 nitrogen and oxygen atoms in total. The van der Waals surface area contributed by atoms with Crippen LogP contribution >= 0.6 is 54.0 Å². The Hall–Kier alpha value is 1.76. The van der Waals surface area contributed by atoms with Crippen LogP contribution in [0.15, 0.2) is 0 Å². The summed E-state index contributed by atoms with van der Waals surface area (Å²) in [6.45, 7) is 0.0506. The van der Waals surface area contributed by atoms with E-state index in [9.17, 15) is 0 Å². The highest BCUT2D eigenvalue weighted by molar-refractivity contribution is 9.12. The van der Waals surface area contributed by atoms with E-state index in [1.54, 1.807) is 0 Å². The second-order valence-electron chi connectivity index (χ2n) is 1.74. The van der Waals surface area contributed by atoms with Crippen LogP contribution in [0.2, 0.25) is 6.04 Å². The summed E-state index contributed by atoms with van der Waals surface area (Å²) in [6.07, 6.45) is 0. The summed E-state index contributed by atoms with van der Waals surface area (Å²) >= 11 is 18.7. The molecule has 0 aliphatic heterocycles. The van der Waals surface area contributed by atoms with E-state index >= 15 is 0 Å². The van der Waals surface area contributed by atoms with E-state index in [1.165, 1.54) is 0 Å². The predicted molar refractivity (Wildman–Crippen MR) is 54.5 cm³/mol. The first-order valence-corrected chi connectivity index (χ1v) is 8.97. The van der Waals surface area contributed by atoms with Crippen molar-refractivity contribution in [1.29, 1.82) is 0 Å². The third-order valence-electron chi connectivity index (χ3n) is 1.07. The normalized spacial score (nSPS) is 15.7. The molecule has 0 aromatic carbocycles. The maximum Gasteiger partial charge on any atom is 0.265 e. The average Bonchev–Trinajstić information content (AvgIpc) is 1.86. The Morgan fingerprint density at radius 1 is 1.56 bits per heavy atom. The standard InChI is InChI=1S/C4H8Br2Cl2Si/c1-2-9(7,8)4(6)3-5/h4H,2-3H2,1H3. The van der Waals surface area contributed by atoms with E-state index in [0.29, 0.717) is 0 Å². The van der Waals surface area contributed by atoms with Crippen molar-refractivity contribution in [2.75, 3.05) is 5.33 Å². The Morgan fingerprint density at radius 2 is 2.00 bits per heavy atom. The topological polar surface area (TPSA) is 0 Å². The van der Waals surface area contributed by atoms with E-state index in [0.717, 1.165) is 11.4 Å².